The van der Waals surface area contributed by atoms with E-state index in [4.69, 9.17) is 27.9 Å². The van der Waals surface area contributed by atoms with Crippen LogP contribution in [0.4, 0.5) is 0 Å². The second-order valence-electron chi connectivity index (χ2n) is 7.56. The Morgan fingerprint density at radius 1 is 1.12 bits per heavy atom. The number of piperidine rings is 1. The second-order valence-corrected chi connectivity index (χ2v) is 9.38. The number of esters is 1. The Balaban J connectivity index is 1.59. The van der Waals surface area contributed by atoms with Crippen molar-refractivity contribution in [2.24, 2.45) is 5.92 Å². The van der Waals surface area contributed by atoms with E-state index in [0.717, 1.165) is 0 Å². The summed E-state index contributed by atoms with van der Waals surface area (Å²) in [6.45, 7) is 3.01. The van der Waals surface area contributed by atoms with E-state index in [9.17, 15) is 9.59 Å². The molecule has 3 aromatic rings. The van der Waals surface area contributed by atoms with Crippen LogP contribution in [0.25, 0.3) is 5.69 Å². The van der Waals surface area contributed by atoms with Crippen LogP contribution in [0.15, 0.2) is 41.8 Å². The minimum atomic E-state index is -0.244. The topological polar surface area (TPSA) is 103 Å². The van der Waals surface area contributed by atoms with Gasteiger partial charge in [-0.1, -0.05) is 40.2 Å². The number of amides is 1. The number of ether oxygens (including phenoxy) is 1. The van der Waals surface area contributed by atoms with E-state index in [2.05, 4.69) is 20.3 Å². The fourth-order valence-corrected chi connectivity index (χ4v) is 5.00. The minimum absolute atomic E-state index is 0.196. The third-order valence-electron chi connectivity index (χ3n) is 5.34. The number of rotatable bonds is 7. The molecule has 0 bridgehead atoms. The van der Waals surface area contributed by atoms with Crippen LogP contribution in [0.3, 0.4) is 0 Å². The molecule has 34 heavy (non-hydrogen) atoms. The third kappa shape index (κ3) is 5.68. The summed E-state index contributed by atoms with van der Waals surface area (Å²) in [6, 6.07) is 6.76. The zero-order valence-electron chi connectivity index (χ0n) is 18.4. The van der Waals surface area contributed by atoms with Crippen LogP contribution in [0.1, 0.15) is 35.9 Å². The molecule has 0 aliphatic carbocycles. The highest BCUT2D eigenvalue weighted by atomic mass is 35.5. The monoisotopic (exact) mass is 520 g/mol. The highest BCUT2D eigenvalue weighted by Crippen LogP contribution is 2.28. The summed E-state index contributed by atoms with van der Waals surface area (Å²) in [5.41, 5.74) is 1.40. The fourth-order valence-electron chi connectivity index (χ4n) is 3.69. The zero-order valence-corrected chi connectivity index (χ0v) is 20.7. The molecule has 1 fully saturated rings. The van der Waals surface area contributed by atoms with Gasteiger partial charge >= 0.3 is 5.97 Å². The lowest BCUT2D eigenvalue weighted by Gasteiger charge is -2.30. The van der Waals surface area contributed by atoms with Crippen molar-refractivity contribution in [1.82, 2.24) is 29.9 Å². The van der Waals surface area contributed by atoms with Crippen LogP contribution in [-0.2, 0) is 15.3 Å². The highest BCUT2D eigenvalue weighted by molar-refractivity contribution is 7.98. The molecule has 0 radical (unpaired) electrons. The smallest absolute Gasteiger partial charge is 0.309 e. The van der Waals surface area contributed by atoms with E-state index in [0.29, 0.717) is 64.9 Å². The zero-order chi connectivity index (χ0) is 24.1. The molecule has 1 amide bonds. The van der Waals surface area contributed by atoms with Gasteiger partial charge in [-0.25, -0.2) is 14.6 Å². The van der Waals surface area contributed by atoms with Crippen LogP contribution in [0.5, 0.6) is 0 Å². The molecule has 1 aliphatic heterocycles. The summed E-state index contributed by atoms with van der Waals surface area (Å²) in [5, 5.41) is 9.90. The predicted octanol–water partition coefficient (Wildman–Crippen LogP) is 4.07. The molecule has 178 valence electrons. The second kappa shape index (κ2) is 11.2. The summed E-state index contributed by atoms with van der Waals surface area (Å²) in [5.74, 6) is -0.301. The molecule has 0 N–H and O–H groups in total. The lowest BCUT2D eigenvalue weighted by Crippen LogP contribution is -2.41. The van der Waals surface area contributed by atoms with Crippen molar-refractivity contribution < 1.29 is 14.3 Å². The van der Waals surface area contributed by atoms with Gasteiger partial charge in [0, 0.05) is 41.3 Å². The van der Waals surface area contributed by atoms with Crippen molar-refractivity contribution in [1.29, 1.82) is 0 Å². The number of benzene rings is 1. The number of hydrogen-bond acceptors (Lipinski definition) is 8. The van der Waals surface area contributed by atoms with Crippen molar-refractivity contribution in [2.75, 3.05) is 19.7 Å². The van der Waals surface area contributed by atoms with Crippen LogP contribution < -0.4 is 0 Å². The average Bonchev–Trinajstić information content (AvgIpc) is 3.26. The Morgan fingerprint density at radius 3 is 2.44 bits per heavy atom. The van der Waals surface area contributed by atoms with Crippen molar-refractivity contribution in [2.45, 2.75) is 30.7 Å². The first-order chi connectivity index (χ1) is 16.5. The summed E-state index contributed by atoms with van der Waals surface area (Å²) in [4.78, 5) is 35.6. The quantitative estimate of drug-likeness (QED) is 0.261. The van der Waals surface area contributed by atoms with Gasteiger partial charge in [-0.05, 0) is 44.0 Å². The Hall–Kier alpha value is -2.69. The maximum Gasteiger partial charge on any atom is 0.309 e. The number of carbonyl (C=O) groups is 2. The first kappa shape index (κ1) is 24.4. The maximum absolute atomic E-state index is 13.4. The Kier molecular flexibility index (Phi) is 8.02. The van der Waals surface area contributed by atoms with Gasteiger partial charge in [-0.2, -0.15) is 0 Å². The molecular formula is C22H22Cl2N6O3S. The van der Waals surface area contributed by atoms with Crippen LogP contribution in [0, 0.1) is 5.92 Å². The number of nitrogens with zero attached hydrogens (tertiary/aromatic N) is 6. The SMILES string of the molecule is CCOC(=O)C1CCN(C(=O)c2nnn(-c3cc(Cl)cc(Cl)c3)c2CSc2ncccn2)CC1. The molecule has 1 aliphatic rings. The summed E-state index contributed by atoms with van der Waals surface area (Å²) >= 11 is 13.8. The van der Waals surface area contributed by atoms with Gasteiger partial charge in [-0.3, -0.25) is 9.59 Å². The molecule has 4 rings (SSSR count). The van der Waals surface area contributed by atoms with E-state index in [-0.39, 0.29) is 23.5 Å². The van der Waals surface area contributed by atoms with Crippen LogP contribution >= 0.6 is 35.0 Å². The lowest BCUT2D eigenvalue weighted by atomic mass is 9.97. The molecule has 0 atom stereocenters. The Morgan fingerprint density at radius 2 is 1.79 bits per heavy atom. The minimum Gasteiger partial charge on any atom is -0.466 e. The highest BCUT2D eigenvalue weighted by Gasteiger charge is 2.31. The molecular weight excluding hydrogens is 499 g/mol. The van der Waals surface area contributed by atoms with Gasteiger partial charge in [0.05, 0.1) is 23.9 Å². The van der Waals surface area contributed by atoms with Gasteiger partial charge in [0.1, 0.15) is 0 Å². The molecule has 2 aromatic heterocycles. The first-order valence-electron chi connectivity index (χ1n) is 10.7. The predicted molar refractivity (Wildman–Crippen MR) is 128 cm³/mol. The van der Waals surface area contributed by atoms with Gasteiger partial charge in [-0.15, -0.1) is 5.10 Å². The molecule has 1 aromatic carbocycles. The van der Waals surface area contributed by atoms with Crippen molar-refractivity contribution in [3.63, 3.8) is 0 Å². The van der Waals surface area contributed by atoms with Gasteiger partial charge in [0.25, 0.3) is 5.91 Å². The summed E-state index contributed by atoms with van der Waals surface area (Å²) < 4.78 is 6.68. The molecule has 1 saturated heterocycles. The van der Waals surface area contributed by atoms with E-state index < -0.39 is 0 Å². The number of thioether (sulfide) groups is 1. The number of aromatic nitrogens is 5. The standard InChI is InChI=1S/C22H22Cl2N6O3S/c1-2-33-21(32)14-4-8-29(9-5-14)20(31)19-18(13-34-22-25-6-3-7-26-22)30(28-27-19)17-11-15(23)10-16(24)12-17/h3,6-7,10-12,14H,2,4-5,8-9,13H2,1H3. The third-order valence-corrected chi connectivity index (χ3v) is 6.66. The Labute approximate surface area is 210 Å². The normalized spacial score (nSPS) is 14.3. The number of hydrogen-bond donors (Lipinski definition) is 0. The number of halogens is 2. The first-order valence-corrected chi connectivity index (χ1v) is 12.5. The maximum atomic E-state index is 13.4. The molecule has 0 unspecified atom stereocenters. The molecule has 3 heterocycles. The molecule has 0 spiro atoms. The molecule has 9 nitrogen and oxygen atoms in total. The van der Waals surface area contributed by atoms with Gasteiger partial charge in [0.2, 0.25) is 0 Å². The number of likely N-dealkylation sites (tertiary alicyclic amines) is 1. The van der Waals surface area contributed by atoms with Crippen molar-refractivity contribution in [3.8, 4) is 5.69 Å². The summed E-state index contributed by atoms with van der Waals surface area (Å²) in [6.07, 6.45) is 4.40. The van der Waals surface area contributed by atoms with Crippen LogP contribution in [0.2, 0.25) is 10.0 Å². The summed E-state index contributed by atoms with van der Waals surface area (Å²) in [7, 11) is 0. The fraction of sp³-hybridized carbons (Fsp3) is 0.364. The van der Waals surface area contributed by atoms with Crippen LogP contribution in [-0.4, -0.2) is 61.4 Å². The number of carbonyl (C=O) groups excluding carboxylic acids is 2. The molecule has 12 heteroatoms. The van der Waals surface area contributed by atoms with Gasteiger partial charge in [0.15, 0.2) is 10.9 Å². The van der Waals surface area contributed by atoms with Crippen molar-refractivity contribution >= 4 is 46.8 Å². The lowest BCUT2D eigenvalue weighted by molar-refractivity contribution is -0.149. The molecule has 0 saturated carbocycles. The van der Waals surface area contributed by atoms with E-state index >= 15 is 0 Å². The average molecular weight is 521 g/mol. The van der Waals surface area contributed by atoms with E-state index in [1.54, 1.807) is 53.2 Å². The van der Waals surface area contributed by atoms with Gasteiger partial charge < -0.3 is 9.64 Å². The van der Waals surface area contributed by atoms with E-state index in [1.807, 2.05) is 0 Å². The Bertz CT molecular complexity index is 1150. The van der Waals surface area contributed by atoms with E-state index in [1.165, 1.54) is 11.8 Å². The largest absolute Gasteiger partial charge is 0.466 e. The van der Waals surface area contributed by atoms with Crippen molar-refractivity contribution in [3.05, 3.63) is 58.1 Å².